The zero-order valence-electron chi connectivity index (χ0n) is 16.6. The largest absolute Gasteiger partial charge is 0.465 e. The zero-order chi connectivity index (χ0) is 21.6. The molecule has 2 atom stereocenters. The van der Waals surface area contributed by atoms with Crippen molar-refractivity contribution in [2.75, 3.05) is 6.54 Å². The molecule has 0 radical (unpaired) electrons. The number of rotatable bonds is 4. The second-order valence-electron chi connectivity index (χ2n) is 7.90. The minimum absolute atomic E-state index is 0.184. The fraction of sp³-hybridized carbons (Fsp3) is 0.381. The van der Waals surface area contributed by atoms with E-state index in [9.17, 15) is 14.0 Å². The Labute approximate surface area is 180 Å². The van der Waals surface area contributed by atoms with Crippen LogP contribution >= 0.6 is 15.9 Å². The normalized spacial score (nSPS) is 17.8. The molecule has 0 saturated carbocycles. The van der Waals surface area contributed by atoms with E-state index in [2.05, 4.69) is 31.2 Å². The van der Waals surface area contributed by atoms with Gasteiger partial charge in [-0.05, 0) is 52.9 Å². The van der Waals surface area contributed by atoms with Crippen molar-refractivity contribution in [1.29, 1.82) is 0 Å². The third kappa shape index (κ3) is 3.51. The van der Waals surface area contributed by atoms with Gasteiger partial charge >= 0.3 is 6.09 Å². The summed E-state index contributed by atoms with van der Waals surface area (Å²) < 4.78 is 14.9. The molecule has 1 aliphatic rings. The van der Waals surface area contributed by atoms with Crippen molar-refractivity contribution >= 4 is 49.7 Å². The van der Waals surface area contributed by atoms with Crippen LogP contribution in [-0.2, 0) is 4.79 Å². The molecule has 2 heterocycles. The molecule has 3 aromatic rings. The van der Waals surface area contributed by atoms with Crippen LogP contribution in [-0.4, -0.2) is 44.6 Å². The Morgan fingerprint density at radius 3 is 2.73 bits per heavy atom. The lowest BCUT2D eigenvalue weighted by Gasteiger charge is -2.29. The van der Waals surface area contributed by atoms with Gasteiger partial charge in [-0.2, -0.15) is 0 Å². The Bertz CT molecular complexity index is 1150. The number of fused-ring (bicyclic) bond motifs is 3. The number of nitrogens with zero attached hydrogens (tertiary/aromatic N) is 2. The number of carboxylic acid groups (broad SMARTS) is 1. The first kappa shape index (κ1) is 20.6. The number of H-pyrrole nitrogens is 1. The molecule has 3 N–H and O–H groups in total. The maximum atomic E-state index is 14.5. The lowest BCUT2D eigenvalue weighted by Crippen LogP contribution is -2.50. The number of hydrogen-bond acceptors (Lipinski definition) is 3. The Balaban J connectivity index is 1.72. The highest BCUT2D eigenvalue weighted by Crippen LogP contribution is 2.35. The van der Waals surface area contributed by atoms with Crippen LogP contribution in [0.2, 0.25) is 0 Å². The number of nitrogens with one attached hydrogen (secondary N) is 2. The van der Waals surface area contributed by atoms with Gasteiger partial charge in [0.15, 0.2) is 0 Å². The molecule has 1 aromatic heterocycles. The minimum atomic E-state index is -1.22. The van der Waals surface area contributed by atoms with Gasteiger partial charge in [0, 0.05) is 17.3 Å². The number of carbonyl (C=O) groups excluding carboxylic acids is 1. The molecule has 2 aromatic carbocycles. The van der Waals surface area contributed by atoms with Crippen LogP contribution in [0.1, 0.15) is 38.6 Å². The van der Waals surface area contributed by atoms with E-state index in [1.165, 1.54) is 0 Å². The van der Waals surface area contributed by atoms with E-state index in [1.54, 1.807) is 23.1 Å². The van der Waals surface area contributed by atoms with Crippen LogP contribution < -0.4 is 5.32 Å². The third-order valence-corrected chi connectivity index (χ3v) is 6.24. The Morgan fingerprint density at radius 2 is 2.03 bits per heavy atom. The van der Waals surface area contributed by atoms with Gasteiger partial charge in [-0.3, -0.25) is 4.79 Å². The highest BCUT2D eigenvalue weighted by molar-refractivity contribution is 9.10. The van der Waals surface area contributed by atoms with Crippen molar-refractivity contribution in [1.82, 2.24) is 20.2 Å². The van der Waals surface area contributed by atoms with Gasteiger partial charge in [0.25, 0.3) is 0 Å². The monoisotopic (exact) mass is 476 g/mol. The number of imidazole rings is 1. The molecule has 0 aliphatic carbocycles. The highest BCUT2D eigenvalue weighted by Gasteiger charge is 2.37. The smallest absolute Gasteiger partial charge is 0.405 e. The van der Waals surface area contributed by atoms with E-state index < -0.39 is 12.1 Å². The molecule has 0 spiro atoms. The number of carbonyl (C=O) groups is 2. The first-order chi connectivity index (χ1) is 14.3. The highest BCUT2D eigenvalue weighted by atomic mass is 79.9. The lowest BCUT2D eigenvalue weighted by atomic mass is 10.0. The fourth-order valence-corrected chi connectivity index (χ4v) is 4.48. The molecule has 0 unspecified atom stereocenters. The first-order valence-corrected chi connectivity index (χ1v) is 10.6. The van der Waals surface area contributed by atoms with Crippen LogP contribution in [0.25, 0.3) is 21.8 Å². The number of benzene rings is 2. The summed E-state index contributed by atoms with van der Waals surface area (Å²) in [6.07, 6.45) is 0.302. The molecule has 4 rings (SSSR count). The number of aromatic amines is 1. The second-order valence-corrected chi connectivity index (χ2v) is 8.75. The summed E-state index contributed by atoms with van der Waals surface area (Å²) in [5.74, 6) is -0.140. The number of halogens is 2. The summed E-state index contributed by atoms with van der Waals surface area (Å²) >= 11 is 3.21. The standard InChI is InChI=1S/C21H22BrFN4O3/c1-10(2)17(26-21(29)30)20(28)27-9-3-4-15(27)19-24-14-8-6-11-12(18(14)25-19)5-7-13(22)16(11)23/h5-8,10,15,17,26H,3-4,9H2,1-2H3,(H,24,25)(H,29,30)/t15-,17-/m0/s1. The van der Waals surface area contributed by atoms with E-state index >= 15 is 0 Å². The summed E-state index contributed by atoms with van der Waals surface area (Å²) in [5.41, 5.74) is 1.42. The molecule has 1 fully saturated rings. The minimum Gasteiger partial charge on any atom is -0.465 e. The van der Waals surface area contributed by atoms with Gasteiger partial charge in [-0.25, -0.2) is 14.2 Å². The van der Waals surface area contributed by atoms with Crippen molar-refractivity contribution in [2.24, 2.45) is 5.92 Å². The van der Waals surface area contributed by atoms with Gasteiger partial charge in [-0.15, -0.1) is 0 Å². The quantitative estimate of drug-likeness (QED) is 0.513. The number of amides is 2. The third-order valence-electron chi connectivity index (χ3n) is 5.62. The lowest BCUT2D eigenvalue weighted by molar-refractivity contribution is -0.135. The molecular weight excluding hydrogens is 455 g/mol. The van der Waals surface area contributed by atoms with E-state index in [0.29, 0.717) is 27.7 Å². The van der Waals surface area contributed by atoms with Gasteiger partial charge < -0.3 is 20.3 Å². The second kappa shape index (κ2) is 7.86. The van der Waals surface area contributed by atoms with Gasteiger partial charge in [0.2, 0.25) is 5.91 Å². The Kier molecular flexibility index (Phi) is 5.40. The number of likely N-dealkylation sites (tertiary alicyclic amines) is 1. The fourth-order valence-electron chi connectivity index (χ4n) is 4.14. The van der Waals surface area contributed by atoms with Crippen LogP contribution in [0.5, 0.6) is 0 Å². The maximum Gasteiger partial charge on any atom is 0.405 e. The van der Waals surface area contributed by atoms with Crippen LogP contribution in [0.15, 0.2) is 28.7 Å². The molecule has 158 valence electrons. The van der Waals surface area contributed by atoms with Gasteiger partial charge in [0.1, 0.15) is 17.7 Å². The van der Waals surface area contributed by atoms with E-state index in [0.717, 1.165) is 23.7 Å². The topological polar surface area (TPSA) is 98.3 Å². The summed E-state index contributed by atoms with van der Waals surface area (Å²) in [6.45, 7) is 4.15. The maximum absolute atomic E-state index is 14.5. The van der Waals surface area contributed by atoms with Crippen LogP contribution in [0, 0.1) is 11.7 Å². The van der Waals surface area contributed by atoms with Crippen LogP contribution in [0.3, 0.4) is 0 Å². The van der Waals surface area contributed by atoms with Gasteiger partial charge in [-0.1, -0.05) is 19.9 Å². The van der Waals surface area contributed by atoms with E-state index in [1.807, 2.05) is 19.9 Å². The average Bonchev–Trinajstić information content (AvgIpc) is 3.34. The molecule has 1 saturated heterocycles. The van der Waals surface area contributed by atoms with Gasteiger partial charge in [0.05, 0.1) is 21.5 Å². The summed E-state index contributed by atoms with van der Waals surface area (Å²) in [7, 11) is 0. The first-order valence-electron chi connectivity index (χ1n) is 9.84. The van der Waals surface area contributed by atoms with E-state index in [-0.39, 0.29) is 23.7 Å². The van der Waals surface area contributed by atoms with Crippen molar-refractivity contribution < 1.29 is 19.1 Å². The zero-order valence-corrected chi connectivity index (χ0v) is 18.2. The summed E-state index contributed by atoms with van der Waals surface area (Å²) in [5, 5.41) is 12.7. The van der Waals surface area contributed by atoms with Crippen molar-refractivity contribution in [3.63, 3.8) is 0 Å². The summed E-state index contributed by atoms with van der Waals surface area (Å²) in [4.78, 5) is 33.9. The number of hydrogen-bond donors (Lipinski definition) is 3. The summed E-state index contributed by atoms with van der Waals surface area (Å²) in [6, 6.07) is 5.85. The SMILES string of the molecule is CC(C)[C@H](NC(=O)O)C(=O)N1CCC[C@H]1c1nc2ccc3c(F)c(Br)ccc3c2[nH]1. The molecule has 2 amide bonds. The van der Waals surface area contributed by atoms with Crippen LogP contribution in [0.4, 0.5) is 9.18 Å². The predicted molar refractivity (Wildman–Crippen MR) is 115 cm³/mol. The number of aromatic nitrogens is 2. The van der Waals surface area contributed by atoms with Crippen molar-refractivity contribution in [2.45, 2.75) is 38.8 Å². The molecule has 1 aliphatic heterocycles. The van der Waals surface area contributed by atoms with Crippen molar-refractivity contribution in [3.8, 4) is 0 Å². The molecular formula is C21H22BrFN4O3. The van der Waals surface area contributed by atoms with E-state index in [4.69, 9.17) is 5.11 Å². The Morgan fingerprint density at radius 1 is 1.30 bits per heavy atom. The van der Waals surface area contributed by atoms with Crippen molar-refractivity contribution in [3.05, 3.63) is 40.4 Å². The average molecular weight is 477 g/mol. The predicted octanol–water partition coefficient (Wildman–Crippen LogP) is 4.57. The molecule has 7 nitrogen and oxygen atoms in total. The molecule has 30 heavy (non-hydrogen) atoms. The Hall–Kier alpha value is -2.68. The molecule has 0 bridgehead atoms. The molecule has 9 heteroatoms.